The number of likely N-dealkylation sites (N-methyl/N-ethyl adjacent to an activating group) is 1. The maximum absolute atomic E-state index is 13.1. The third-order valence-corrected chi connectivity index (χ3v) is 7.57. The number of rotatable bonds is 6. The molecule has 2 fully saturated rings. The summed E-state index contributed by atoms with van der Waals surface area (Å²) in [6.07, 6.45) is 8.31. The van der Waals surface area contributed by atoms with Gasteiger partial charge in [-0.2, -0.15) is 0 Å². The van der Waals surface area contributed by atoms with Crippen molar-refractivity contribution < 1.29 is 19.1 Å². The fraction of sp³-hybridized carbons (Fsp3) is 0.519. The van der Waals surface area contributed by atoms with Crippen LogP contribution >= 0.6 is 0 Å². The molecule has 2 aliphatic heterocycles. The van der Waals surface area contributed by atoms with Crippen molar-refractivity contribution in [3.63, 3.8) is 0 Å². The molecular formula is C27H33N3O4. The van der Waals surface area contributed by atoms with Crippen molar-refractivity contribution in [2.45, 2.75) is 50.5 Å². The number of nitrogens with zero attached hydrogens (tertiary/aromatic N) is 3. The molecule has 34 heavy (non-hydrogen) atoms. The molecule has 1 saturated carbocycles. The van der Waals surface area contributed by atoms with Crippen LogP contribution < -0.4 is 4.74 Å². The van der Waals surface area contributed by atoms with Gasteiger partial charge in [-0.15, -0.1) is 0 Å². The van der Waals surface area contributed by atoms with Gasteiger partial charge >= 0.3 is 5.97 Å². The summed E-state index contributed by atoms with van der Waals surface area (Å²) < 4.78 is 11.7. The van der Waals surface area contributed by atoms with Crippen LogP contribution in [0.4, 0.5) is 0 Å². The molecule has 1 aliphatic carbocycles. The van der Waals surface area contributed by atoms with Crippen LogP contribution in [0.1, 0.15) is 60.9 Å². The molecule has 5 rings (SSSR count). The van der Waals surface area contributed by atoms with Crippen molar-refractivity contribution in [2.24, 2.45) is 5.92 Å². The number of ether oxygens (including phenoxy) is 2. The van der Waals surface area contributed by atoms with Gasteiger partial charge in [0.1, 0.15) is 11.4 Å². The molecule has 1 aromatic carbocycles. The summed E-state index contributed by atoms with van der Waals surface area (Å²) in [5.74, 6) is 0.935. The van der Waals surface area contributed by atoms with E-state index >= 15 is 0 Å². The fourth-order valence-electron chi connectivity index (χ4n) is 5.57. The van der Waals surface area contributed by atoms with Gasteiger partial charge in [-0.25, -0.2) is 9.78 Å². The van der Waals surface area contributed by atoms with Crippen molar-refractivity contribution in [2.75, 3.05) is 33.2 Å². The smallest absolute Gasteiger partial charge is 0.339 e. The van der Waals surface area contributed by atoms with E-state index in [1.165, 1.54) is 19.3 Å². The molecule has 0 radical (unpaired) electrons. The Bertz CT molecular complexity index is 1030. The van der Waals surface area contributed by atoms with Crippen LogP contribution in [0.2, 0.25) is 0 Å². The molecule has 1 saturated heterocycles. The molecule has 3 aliphatic rings. The van der Waals surface area contributed by atoms with Crippen molar-refractivity contribution in [1.29, 1.82) is 0 Å². The van der Waals surface area contributed by atoms with Gasteiger partial charge in [-0.3, -0.25) is 4.79 Å². The Morgan fingerprint density at radius 1 is 1.18 bits per heavy atom. The number of carbonyl (C=O) groups is 2. The molecule has 7 nitrogen and oxygen atoms in total. The lowest BCUT2D eigenvalue weighted by molar-refractivity contribution is -0.137. The Morgan fingerprint density at radius 3 is 2.71 bits per heavy atom. The zero-order valence-corrected chi connectivity index (χ0v) is 19.9. The summed E-state index contributed by atoms with van der Waals surface area (Å²) in [6, 6.07) is 11.0. The summed E-state index contributed by atoms with van der Waals surface area (Å²) in [7, 11) is 1.92. The van der Waals surface area contributed by atoms with Gasteiger partial charge in [0.05, 0.1) is 5.56 Å². The van der Waals surface area contributed by atoms with Crippen LogP contribution in [0.3, 0.4) is 0 Å². The molecule has 1 spiro atoms. The largest absolute Gasteiger partial charge is 0.451 e. The van der Waals surface area contributed by atoms with Gasteiger partial charge in [-0.1, -0.05) is 18.6 Å². The zero-order valence-electron chi connectivity index (χ0n) is 19.9. The SMILES string of the molecule is CN(CCN1CCCCC1)C(=O)[C@H]1CC[C@@]2(CC1)OC(=O)c1cc(Oc3ccccn3)ccc12. The van der Waals surface area contributed by atoms with E-state index in [0.29, 0.717) is 30.0 Å². The van der Waals surface area contributed by atoms with E-state index in [0.717, 1.165) is 44.6 Å². The number of benzene rings is 1. The highest BCUT2D eigenvalue weighted by molar-refractivity contribution is 5.95. The molecule has 0 unspecified atom stereocenters. The number of piperidine rings is 1. The standard InChI is InChI=1S/C27H33N3O4/c1-29(17-18-30-15-5-2-6-16-30)25(31)20-10-12-27(13-11-20)23-9-8-21(19-22(23)26(32)34-27)33-24-7-3-4-14-28-24/h3-4,7-9,14,19-20H,2,5-6,10-13,15-18H2,1H3/t20-,27-. The van der Waals surface area contributed by atoms with E-state index in [4.69, 9.17) is 9.47 Å². The quantitative estimate of drug-likeness (QED) is 0.593. The Kier molecular flexibility index (Phi) is 6.55. The third-order valence-electron chi connectivity index (χ3n) is 7.57. The minimum absolute atomic E-state index is 0.00788. The number of hydrogen-bond donors (Lipinski definition) is 0. The van der Waals surface area contributed by atoms with Crippen LogP contribution in [0.15, 0.2) is 42.6 Å². The molecular weight excluding hydrogens is 430 g/mol. The van der Waals surface area contributed by atoms with E-state index in [9.17, 15) is 9.59 Å². The summed E-state index contributed by atoms with van der Waals surface area (Å²) in [5, 5.41) is 0. The highest BCUT2D eigenvalue weighted by Crippen LogP contribution is 2.49. The Morgan fingerprint density at radius 2 is 1.97 bits per heavy atom. The zero-order chi connectivity index (χ0) is 23.5. The van der Waals surface area contributed by atoms with Crippen molar-refractivity contribution in [3.05, 3.63) is 53.7 Å². The molecule has 3 heterocycles. The number of aromatic nitrogens is 1. The molecule has 2 aromatic rings. The van der Waals surface area contributed by atoms with Gasteiger partial charge in [0.2, 0.25) is 11.8 Å². The minimum Gasteiger partial charge on any atom is -0.451 e. The predicted octanol–water partition coefficient (Wildman–Crippen LogP) is 4.37. The number of hydrogen-bond acceptors (Lipinski definition) is 6. The lowest BCUT2D eigenvalue weighted by atomic mass is 9.74. The number of pyridine rings is 1. The van der Waals surface area contributed by atoms with E-state index in [2.05, 4.69) is 9.88 Å². The van der Waals surface area contributed by atoms with Gasteiger partial charge < -0.3 is 19.3 Å². The maximum Gasteiger partial charge on any atom is 0.339 e. The van der Waals surface area contributed by atoms with Gasteiger partial charge in [0.25, 0.3) is 0 Å². The van der Waals surface area contributed by atoms with Crippen molar-refractivity contribution in [1.82, 2.24) is 14.8 Å². The molecule has 0 atom stereocenters. The molecule has 180 valence electrons. The lowest BCUT2D eigenvalue weighted by Gasteiger charge is -2.37. The fourth-order valence-corrected chi connectivity index (χ4v) is 5.57. The molecule has 7 heteroatoms. The van der Waals surface area contributed by atoms with Crippen molar-refractivity contribution >= 4 is 11.9 Å². The first-order valence-electron chi connectivity index (χ1n) is 12.5. The second-order valence-corrected chi connectivity index (χ2v) is 9.80. The second-order valence-electron chi connectivity index (χ2n) is 9.80. The summed E-state index contributed by atoms with van der Waals surface area (Å²) in [6.45, 7) is 4.02. The minimum atomic E-state index is -0.626. The second kappa shape index (κ2) is 9.74. The Labute approximate surface area is 201 Å². The molecule has 0 bridgehead atoms. The van der Waals surface area contributed by atoms with Gasteiger partial charge in [-0.05, 0) is 69.8 Å². The predicted molar refractivity (Wildman–Crippen MR) is 128 cm³/mol. The third kappa shape index (κ3) is 4.67. The Hall–Kier alpha value is -2.93. The first-order chi connectivity index (χ1) is 16.5. The monoisotopic (exact) mass is 463 g/mol. The van der Waals surface area contributed by atoms with E-state index in [-0.39, 0.29) is 17.8 Å². The number of amides is 1. The summed E-state index contributed by atoms with van der Waals surface area (Å²) in [5.41, 5.74) is 0.839. The van der Waals surface area contributed by atoms with Crippen LogP contribution in [-0.2, 0) is 15.1 Å². The Balaban J connectivity index is 1.20. The number of esters is 1. The average molecular weight is 464 g/mol. The number of fused-ring (bicyclic) bond motifs is 2. The van der Waals surface area contributed by atoms with Gasteiger partial charge in [0.15, 0.2) is 0 Å². The maximum atomic E-state index is 13.1. The lowest BCUT2D eigenvalue weighted by Crippen LogP contribution is -2.43. The topological polar surface area (TPSA) is 72.0 Å². The molecule has 0 N–H and O–H groups in total. The first-order valence-corrected chi connectivity index (χ1v) is 12.5. The van der Waals surface area contributed by atoms with Crippen LogP contribution in [0.25, 0.3) is 0 Å². The highest BCUT2D eigenvalue weighted by Gasteiger charge is 2.48. The van der Waals surface area contributed by atoms with Crippen LogP contribution in [0, 0.1) is 5.92 Å². The van der Waals surface area contributed by atoms with Gasteiger partial charge in [0, 0.05) is 43.9 Å². The normalized spacial score (nSPS) is 24.5. The number of carbonyl (C=O) groups excluding carboxylic acids is 2. The van der Waals surface area contributed by atoms with Crippen LogP contribution in [-0.4, -0.2) is 59.9 Å². The average Bonchev–Trinajstić information content (AvgIpc) is 3.14. The van der Waals surface area contributed by atoms with Crippen LogP contribution in [0.5, 0.6) is 11.6 Å². The van der Waals surface area contributed by atoms with E-state index < -0.39 is 5.60 Å². The highest BCUT2D eigenvalue weighted by atomic mass is 16.6. The summed E-state index contributed by atoms with van der Waals surface area (Å²) in [4.78, 5) is 34.3. The molecule has 1 amide bonds. The summed E-state index contributed by atoms with van der Waals surface area (Å²) >= 11 is 0. The van der Waals surface area contributed by atoms with E-state index in [1.54, 1.807) is 18.3 Å². The molecule has 1 aromatic heterocycles. The van der Waals surface area contributed by atoms with Crippen molar-refractivity contribution in [3.8, 4) is 11.6 Å². The first kappa shape index (κ1) is 22.8. The number of likely N-dealkylation sites (tertiary alicyclic amines) is 1. The van der Waals surface area contributed by atoms with E-state index in [1.807, 2.05) is 36.2 Å².